The summed E-state index contributed by atoms with van der Waals surface area (Å²) in [6.07, 6.45) is 0. The van der Waals surface area contributed by atoms with Crippen LogP contribution in [0.2, 0.25) is 0 Å². The van der Waals surface area contributed by atoms with Gasteiger partial charge in [0.1, 0.15) is 0 Å². The van der Waals surface area contributed by atoms with Crippen LogP contribution >= 0.6 is 0 Å². The van der Waals surface area contributed by atoms with Crippen LogP contribution in [0.4, 0.5) is 11.4 Å². The molecule has 0 amide bonds. The predicted molar refractivity (Wildman–Crippen MR) is 61.8 cm³/mol. The first kappa shape index (κ1) is 10.4. The third kappa shape index (κ3) is 2.10. The van der Waals surface area contributed by atoms with E-state index in [-0.39, 0.29) is 6.04 Å². The van der Waals surface area contributed by atoms with Gasteiger partial charge in [0.25, 0.3) is 0 Å². The molecule has 0 fully saturated rings. The number of benzene rings is 1. The summed E-state index contributed by atoms with van der Waals surface area (Å²) >= 11 is 0. The summed E-state index contributed by atoms with van der Waals surface area (Å²) in [5, 5.41) is 17.1. The molecule has 84 valence electrons. The van der Waals surface area contributed by atoms with E-state index < -0.39 is 0 Å². The average molecular weight is 218 g/mol. The summed E-state index contributed by atoms with van der Waals surface area (Å²) in [7, 11) is 0. The lowest BCUT2D eigenvalue weighted by Gasteiger charge is -2.12. The Morgan fingerprint density at radius 3 is 2.88 bits per heavy atom. The van der Waals surface area contributed by atoms with Gasteiger partial charge in [0.05, 0.1) is 6.04 Å². The van der Waals surface area contributed by atoms with Crippen molar-refractivity contribution in [1.29, 1.82) is 0 Å². The largest absolute Gasteiger partial charge is 0.399 e. The summed E-state index contributed by atoms with van der Waals surface area (Å²) in [5.41, 5.74) is 8.57. The van der Waals surface area contributed by atoms with Crippen LogP contribution < -0.4 is 11.1 Å². The van der Waals surface area contributed by atoms with Crippen molar-refractivity contribution in [3.05, 3.63) is 29.6 Å². The van der Waals surface area contributed by atoms with Crippen molar-refractivity contribution in [2.24, 2.45) is 0 Å². The molecule has 0 aliphatic carbocycles. The first-order valence-corrected chi connectivity index (χ1v) is 5.03. The van der Waals surface area contributed by atoms with Gasteiger partial charge in [-0.05, 0) is 37.6 Å². The molecule has 6 heteroatoms. The Labute approximate surface area is 93.2 Å². The Balaban J connectivity index is 2.12. The van der Waals surface area contributed by atoms with E-state index in [1.807, 2.05) is 32.0 Å². The first-order chi connectivity index (χ1) is 7.66. The Morgan fingerprint density at radius 1 is 1.44 bits per heavy atom. The molecule has 6 nitrogen and oxygen atoms in total. The van der Waals surface area contributed by atoms with Gasteiger partial charge in [-0.2, -0.15) is 5.21 Å². The van der Waals surface area contributed by atoms with Gasteiger partial charge in [-0.1, -0.05) is 5.21 Å². The van der Waals surface area contributed by atoms with E-state index in [0.717, 1.165) is 16.9 Å². The maximum Gasteiger partial charge on any atom is 0.196 e. The van der Waals surface area contributed by atoms with Crippen LogP contribution in [-0.4, -0.2) is 20.6 Å². The molecule has 0 aliphatic heterocycles. The van der Waals surface area contributed by atoms with E-state index in [2.05, 4.69) is 25.9 Å². The zero-order valence-corrected chi connectivity index (χ0v) is 9.23. The molecule has 0 saturated heterocycles. The van der Waals surface area contributed by atoms with E-state index in [0.29, 0.717) is 5.82 Å². The fourth-order valence-electron chi connectivity index (χ4n) is 1.43. The quantitative estimate of drug-likeness (QED) is 0.674. The zero-order chi connectivity index (χ0) is 11.5. The molecule has 1 aromatic heterocycles. The van der Waals surface area contributed by atoms with Crippen LogP contribution in [0.1, 0.15) is 24.4 Å². The molecule has 16 heavy (non-hydrogen) atoms. The second-order valence-electron chi connectivity index (χ2n) is 3.71. The number of hydrogen-bond donors (Lipinski definition) is 3. The van der Waals surface area contributed by atoms with Gasteiger partial charge in [0.15, 0.2) is 5.82 Å². The molecule has 0 saturated carbocycles. The lowest BCUT2D eigenvalue weighted by molar-refractivity contribution is 0.793. The number of rotatable bonds is 3. The molecule has 1 aromatic carbocycles. The minimum absolute atomic E-state index is 0.00164. The second-order valence-corrected chi connectivity index (χ2v) is 3.71. The van der Waals surface area contributed by atoms with Crippen LogP contribution in [0.15, 0.2) is 18.2 Å². The molecule has 1 unspecified atom stereocenters. The third-order valence-corrected chi connectivity index (χ3v) is 2.40. The maximum absolute atomic E-state index is 5.75. The molecule has 1 heterocycles. The van der Waals surface area contributed by atoms with Gasteiger partial charge >= 0.3 is 0 Å². The van der Waals surface area contributed by atoms with Crippen LogP contribution in [0.25, 0.3) is 0 Å². The minimum Gasteiger partial charge on any atom is -0.399 e. The lowest BCUT2D eigenvalue weighted by Crippen LogP contribution is -2.08. The van der Waals surface area contributed by atoms with E-state index >= 15 is 0 Å². The van der Waals surface area contributed by atoms with Crippen molar-refractivity contribution in [1.82, 2.24) is 20.6 Å². The number of nitrogen functional groups attached to an aromatic ring is 1. The molecular formula is C10H14N6. The third-order valence-electron chi connectivity index (χ3n) is 2.40. The number of tetrazole rings is 1. The Kier molecular flexibility index (Phi) is 2.72. The van der Waals surface area contributed by atoms with E-state index in [4.69, 9.17) is 5.73 Å². The Morgan fingerprint density at radius 2 is 2.25 bits per heavy atom. The summed E-state index contributed by atoms with van der Waals surface area (Å²) in [6, 6.07) is 5.80. The second kappa shape index (κ2) is 4.18. The molecule has 0 spiro atoms. The summed E-state index contributed by atoms with van der Waals surface area (Å²) in [6.45, 7) is 3.94. The molecule has 2 rings (SSSR count). The highest BCUT2D eigenvalue weighted by Gasteiger charge is 2.09. The van der Waals surface area contributed by atoms with Gasteiger partial charge in [0, 0.05) is 11.4 Å². The highest BCUT2D eigenvalue weighted by molar-refractivity contribution is 5.57. The van der Waals surface area contributed by atoms with Crippen molar-refractivity contribution in [3.8, 4) is 0 Å². The van der Waals surface area contributed by atoms with Crippen molar-refractivity contribution in [2.45, 2.75) is 19.9 Å². The van der Waals surface area contributed by atoms with Crippen LogP contribution in [0.5, 0.6) is 0 Å². The number of H-pyrrole nitrogens is 1. The standard InChI is InChI=1S/C10H14N6/c1-6-5-8(3-4-9(6)11)12-7(2)10-13-15-16-14-10/h3-5,7,12H,11H2,1-2H3,(H,13,14,15,16). The molecule has 2 aromatic rings. The van der Waals surface area contributed by atoms with Crippen molar-refractivity contribution in [3.63, 3.8) is 0 Å². The fourth-order valence-corrected chi connectivity index (χ4v) is 1.43. The maximum atomic E-state index is 5.75. The number of nitrogens with one attached hydrogen (secondary N) is 2. The average Bonchev–Trinajstić information content (AvgIpc) is 2.77. The van der Waals surface area contributed by atoms with E-state index in [1.54, 1.807) is 0 Å². The van der Waals surface area contributed by atoms with Gasteiger partial charge in [-0.15, -0.1) is 10.2 Å². The molecule has 0 bridgehead atoms. The number of nitrogens with zero attached hydrogens (tertiary/aromatic N) is 3. The van der Waals surface area contributed by atoms with Gasteiger partial charge in [-0.25, -0.2) is 0 Å². The van der Waals surface area contributed by atoms with Crippen molar-refractivity contribution >= 4 is 11.4 Å². The topological polar surface area (TPSA) is 92.5 Å². The van der Waals surface area contributed by atoms with Crippen molar-refractivity contribution in [2.75, 3.05) is 11.1 Å². The SMILES string of the molecule is Cc1cc(NC(C)c2nn[nH]n2)ccc1N. The number of aromatic nitrogens is 4. The van der Waals surface area contributed by atoms with Gasteiger partial charge < -0.3 is 11.1 Å². The highest BCUT2D eigenvalue weighted by Crippen LogP contribution is 2.20. The molecule has 0 radical (unpaired) electrons. The van der Waals surface area contributed by atoms with Crippen LogP contribution in [-0.2, 0) is 0 Å². The zero-order valence-electron chi connectivity index (χ0n) is 9.23. The van der Waals surface area contributed by atoms with Crippen LogP contribution in [0.3, 0.4) is 0 Å². The Hall–Kier alpha value is -2.11. The monoisotopic (exact) mass is 218 g/mol. The summed E-state index contributed by atoms with van der Waals surface area (Å²) in [5.74, 6) is 0.634. The number of anilines is 2. The Bertz CT molecular complexity index is 464. The summed E-state index contributed by atoms with van der Waals surface area (Å²) < 4.78 is 0. The van der Waals surface area contributed by atoms with E-state index in [1.165, 1.54) is 0 Å². The minimum atomic E-state index is 0.00164. The first-order valence-electron chi connectivity index (χ1n) is 5.03. The fraction of sp³-hybridized carbons (Fsp3) is 0.300. The number of nitrogens with two attached hydrogens (primary N) is 1. The smallest absolute Gasteiger partial charge is 0.196 e. The molecule has 4 N–H and O–H groups in total. The van der Waals surface area contributed by atoms with Crippen molar-refractivity contribution < 1.29 is 0 Å². The van der Waals surface area contributed by atoms with E-state index in [9.17, 15) is 0 Å². The molecule has 1 atom stereocenters. The normalized spacial score (nSPS) is 12.4. The molecular weight excluding hydrogens is 204 g/mol. The predicted octanol–water partition coefficient (Wildman–Crippen LogP) is 1.26. The molecule has 0 aliphatic rings. The summed E-state index contributed by atoms with van der Waals surface area (Å²) in [4.78, 5) is 0. The van der Waals surface area contributed by atoms with Gasteiger partial charge in [0.2, 0.25) is 0 Å². The number of aryl methyl sites for hydroxylation is 1. The lowest BCUT2D eigenvalue weighted by atomic mass is 10.1. The van der Waals surface area contributed by atoms with Crippen LogP contribution in [0, 0.1) is 6.92 Å². The number of aromatic amines is 1. The highest BCUT2D eigenvalue weighted by atomic mass is 15.5. The van der Waals surface area contributed by atoms with Gasteiger partial charge in [-0.3, -0.25) is 0 Å². The number of hydrogen-bond acceptors (Lipinski definition) is 5.